The summed E-state index contributed by atoms with van der Waals surface area (Å²) in [6, 6.07) is 9.34. The molecule has 20 heavy (non-hydrogen) atoms. The van der Waals surface area contributed by atoms with E-state index >= 15 is 0 Å². The minimum Gasteiger partial charge on any atom is -0.449 e. The Morgan fingerprint density at radius 2 is 2.00 bits per heavy atom. The van der Waals surface area contributed by atoms with Crippen LogP contribution >= 0.6 is 0 Å². The lowest BCUT2D eigenvalue weighted by molar-refractivity contribution is -0.134. The first-order valence-corrected chi connectivity index (χ1v) is 6.24. The van der Waals surface area contributed by atoms with Crippen LogP contribution in [0.1, 0.15) is 18.9 Å². The first-order chi connectivity index (χ1) is 9.63. The quantitative estimate of drug-likeness (QED) is 0.783. The van der Waals surface area contributed by atoms with Crippen LogP contribution in [0.3, 0.4) is 0 Å². The van der Waals surface area contributed by atoms with Gasteiger partial charge in [0.2, 0.25) is 5.91 Å². The van der Waals surface area contributed by atoms with Crippen LogP contribution in [-0.2, 0) is 20.9 Å². The highest BCUT2D eigenvalue weighted by atomic mass is 16.6. The number of hydrogen-bond donors (Lipinski definition) is 0. The van der Waals surface area contributed by atoms with E-state index in [9.17, 15) is 14.4 Å². The molecule has 0 atom stereocenters. The van der Waals surface area contributed by atoms with Gasteiger partial charge in [0.15, 0.2) is 0 Å². The smallest absolute Gasteiger partial charge is 0.423 e. The van der Waals surface area contributed by atoms with Crippen molar-refractivity contribution in [3.8, 4) is 0 Å². The summed E-state index contributed by atoms with van der Waals surface area (Å²) in [7, 11) is 0. The van der Waals surface area contributed by atoms with E-state index in [1.807, 2.05) is 30.3 Å². The molecule has 6 nitrogen and oxygen atoms in total. The second-order valence-corrected chi connectivity index (χ2v) is 4.16. The SMILES string of the molecule is CCOC(=O)N1C(=O)CC(=NCc2ccccc2)C1=O. The normalized spacial score (nSPS) is 16.9. The largest absolute Gasteiger partial charge is 0.449 e. The van der Waals surface area contributed by atoms with E-state index in [0.29, 0.717) is 11.4 Å². The Balaban J connectivity index is 2.10. The molecule has 1 aliphatic heterocycles. The van der Waals surface area contributed by atoms with Gasteiger partial charge in [-0.2, -0.15) is 4.90 Å². The number of likely N-dealkylation sites (tertiary alicyclic amines) is 1. The van der Waals surface area contributed by atoms with Gasteiger partial charge in [0.05, 0.1) is 19.6 Å². The molecule has 6 heteroatoms. The highest BCUT2D eigenvalue weighted by Gasteiger charge is 2.40. The van der Waals surface area contributed by atoms with Crippen LogP contribution in [0, 0.1) is 0 Å². The third-order valence-corrected chi connectivity index (χ3v) is 2.76. The maximum absolute atomic E-state index is 11.9. The highest BCUT2D eigenvalue weighted by molar-refractivity contribution is 6.51. The molecule has 0 saturated carbocycles. The molecule has 1 fully saturated rings. The minimum atomic E-state index is -0.938. The van der Waals surface area contributed by atoms with Gasteiger partial charge in [0, 0.05) is 0 Å². The summed E-state index contributed by atoms with van der Waals surface area (Å²) in [6.45, 7) is 2.01. The molecule has 104 valence electrons. The molecule has 1 saturated heterocycles. The predicted octanol–water partition coefficient (Wildman–Crippen LogP) is 1.54. The molecular formula is C14H14N2O4. The molecule has 0 spiro atoms. The lowest BCUT2D eigenvalue weighted by Crippen LogP contribution is -2.37. The van der Waals surface area contributed by atoms with Crippen molar-refractivity contribution in [2.24, 2.45) is 4.99 Å². The summed E-state index contributed by atoms with van der Waals surface area (Å²) in [5, 5.41) is 0. The fraction of sp³-hybridized carbons (Fsp3) is 0.286. The van der Waals surface area contributed by atoms with Crippen molar-refractivity contribution in [1.82, 2.24) is 4.90 Å². The number of carbonyl (C=O) groups is 3. The molecule has 1 aliphatic rings. The van der Waals surface area contributed by atoms with E-state index in [1.165, 1.54) is 0 Å². The van der Waals surface area contributed by atoms with Crippen LogP contribution < -0.4 is 0 Å². The van der Waals surface area contributed by atoms with E-state index in [0.717, 1.165) is 5.56 Å². The van der Waals surface area contributed by atoms with Crippen LogP contribution in [0.25, 0.3) is 0 Å². The molecule has 2 rings (SSSR count). The first kappa shape index (κ1) is 13.9. The zero-order valence-corrected chi connectivity index (χ0v) is 11.0. The Kier molecular flexibility index (Phi) is 4.24. The molecular weight excluding hydrogens is 260 g/mol. The van der Waals surface area contributed by atoms with Crippen molar-refractivity contribution in [2.75, 3.05) is 6.61 Å². The molecule has 0 aromatic heterocycles. The van der Waals surface area contributed by atoms with Crippen LogP contribution in [0.5, 0.6) is 0 Å². The van der Waals surface area contributed by atoms with Gasteiger partial charge in [-0.1, -0.05) is 30.3 Å². The summed E-state index contributed by atoms with van der Waals surface area (Å²) in [5.41, 5.74) is 1.02. The molecule has 0 radical (unpaired) electrons. The summed E-state index contributed by atoms with van der Waals surface area (Å²) in [4.78, 5) is 39.7. The van der Waals surface area contributed by atoms with Crippen LogP contribution in [-0.4, -0.2) is 35.1 Å². The third-order valence-electron chi connectivity index (χ3n) is 2.76. The molecule has 0 aliphatic carbocycles. The number of nitrogens with zero attached hydrogens (tertiary/aromatic N) is 2. The lowest BCUT2D eigenvalue weighted by Gasteiger charge is -2.09. The molecule has 1 aromatic rings. The van der Waals surface area contributed by atoms with E-state index in [4.69, 9.17) is 0 Å². The Hall–Kier alpha value is -2.50. The molecule has 1 heterocycles. The number of carbonyl (C=O) groups excluding carboxylic acids is 3. The number of aliphatic imine (C=N–C) groups is 1. The first-order valence-electron chi connectivity index (χ1n) is 6.24. The summed E-state index contributed by atoms with van der Waals surface area (Å²) in [5.74, 6) is -1.29. The zero-order chi connectivity index (χ0) is 14.5. The van der Waals surface area contributed by atoms with Crippen LogP contribution in [0.2, 0.25) is 0 Å². The van der Waals surface area contributed by atoms with Crippen molar-refractivity contribution in [3.63, 3.8) is 0 Å². The highest BCUT2D eigenvalue weighted by Crippen LogP contribution is 2.13. The molecule has 1 aromatic carbocycles. The maximum atomic E-state index is 11.9. The van der Waals surface area contributed by atoms with Gasteiger partial charge in [-0.25, -0.2) is 4.79 Å². The van der Waals surface area contributed by atoms with Gasteiger partial charge in [-0.3, -0.25) is 14.6 Å². The lowest BCUT2D eigenvalue weighted by atomic mass is 10.2. The topological polar surface area (TPSA) is 76.0 Å². The molecule has 0 bridgehead atoms. The summed E-state index contributed by atoms with van der Waals surface area (Å²) in [6.07, 6.45) is -1.10. The van der Waals surface area contributed by atoms with Crippen LogP contribution in [0.4, 0.5) is 4.79 Å². The number of amides is 3. The molecule has 0 unspecified atom stereocenters. The fourth-order valence-corrected chi connectivity index (χ4v) is 1.81. The second kappa shape index (κ2) is 6.10. The van der Waals surface area contributed by atoms with Gasteiger partial charge < -0.3 is 4.74 Å². The van der Waals surface area contributed by atoms with E-state index in [1.54, 1.807) is 6.92 Å². The van der Waals surface area contributed by atoms with Crippen molar-refractivity contribution >= 4 is 23.6 Å². The zero-order valence-electron chi connectivity index (χ0n) is 11.0. The molecule has 0 N–H and O–H groups in total. The summed E-state index contributed by atoms with van der Waals surface area (Å²) < 4.78 is 4.67. The number of imide groups is 3. The third kappa shape index (κ3) is 2.90. The van der Waals surface area contributed by atoms with E-state index in [-0.39, 0.29) is 18.7 Å². The number of hydrogen-bond acceptors (Lipinski definition) is 5. The Bertz CT molecular complexity index is 566. The number of benzene rings is 1. The average molecular weight is 274 g/mol. The van der Waals surface area contributed by atoms with Crippen molar-refractivity contribution < 1.29 is 19.1 Å². The average Bonchev–Trinajstić information content (AvgIpc) is 2.72. The number of ether oxygens (including phenoxy) is 1. The van der Waals surface area contributed by atoms with Crippen molar-refractivity contribution in [3.05, 3.63) is 35.9 Å². The second-order valence-electron chi connectivity index (χ2n) is 4.16. The number of rotatable bonds is 3. The standard InChI is InChI=1S/C14H14N2O4/c1-2-20-14(19)16-12(17)8-11(13(16)18)15-9-10-6-4-3-5-7-10/h3-7H,2,8-9H2,1H3. The van der Waals surface area contributed by atoms with E-state index < -0.39 is 17.9 Å². The Labute approximate surface area is 116 Å². The van der Waals surface area contributed by atoms with Gasteiger partial charge in [-0.05, 0) is 12.5 Å². The Morgan fingerprint density at radius 1 is 1.30 bits per heavy atom. The minimum absolute atomic E-state index is 0.0897. The van der Waals surface area contributed by atoms with Crippen molar-refractivity contribution in [1.29, 1.82) is 0 Å². The fourth-order valence-electron chi connectivity index (χ4n) is 1.81. The Morgan fingerprint density at radius 3 is 2.65 bits per heavy atom. The predicted molar refractivity (Wildman–Crippen MR) is 71.1 cm³/mol. The van der Waals surface area contributed by atoms with Gasteiger partial charge in [0.25, 0.3) is 5.91 Å². The van der Waals surface area contributed by atoms with Crippen molar-refractivity contribution in [2.45, 2.75) is 19.9 Å². The van der Waals surface area contributed by atoms with E-state index in [2.05, 4.69) is 9.73 Å². The summed E-state index contributed by atoms with van der Waals surface area (Å²) >= 11 is 0. The monoisotopic (exact) mass is 274 g/mol. The van der Waals surface area contributed by atoms with Gasteiger partial charge in [-0.15, -0.1) is 0 Å². The van der Waals surface area contributed by atoms with Gasteiger partial charge in [0.1, 0.15) is 5.71 Å². The maximum Gasteiger partial charge on any atom is 0.423 e. The van der Waals surface area contributed by atoms with Gasteiger partial charge >= 0.3 is 6.09 Å². The van der Waals surface area contributed by atoms with Crippen LogP contribution in [0.15, 0.2) is 35.3 Å². The molecule has 3 amide bonds.